The summed E-state index contributed by atoms with van der Waals surface area (Å²) in [5.41, 5.74) is 0.244. The van der Waals surface area contributed by atoms with Gasteiger partial charge in [-0.2, -0.15) is 0 Å². The van der Waals surface area contributed by atoms with Crippen molar-refractivity contribution >= 4 is 34.4 Å². The Morgan fingerprint density at radius 3 is 2.60 bits per heavy atom. The van der Waals surface area contributed by atoms with Gasteiger partial charge in [0.25, 0.3) is 0 Å². The molecule has 2 aromatic carbocycles. The van der Waals surface area contributed by atoms with Gasteiger partial charge in [0, 0.05) is 43.1 Å². The van der Waals surface area contributed by atoms with Gasteiger partial charge in [-0.15, -0.1) is 0 Å². The second-order valence-corrected chi connectivity index (χ2v) is 11.5. The van der Waals surface area contributed by atoms with Gasteiger partial charge in [0.15, 0.2) is 11.6 Å². The Kier molecular flexibility index (Phi) is 7.53. The van der Waals surface area contributed by atoms with Gasteiger partial charge in [-0.3, -0.25) is 4.79 Å². The second-order valence-electron chi connectivity index (χ2n) is 11.5. The molecule has 3 fully saturated rings. The van der Waals surface area contributed by atoms with Crippen LogP contribution in [-0.4, -0.2) is 53.3 Å². The second kappa shape index (κ2) is 11.3. The molecule has 10 nitrogen and oxygen atoms in total. The fourth-order valence-corrected chi connectivity index (χ4v) is 5.96. The molecule has 3 atom stereocenters. The highest BCUT2D eigenvalue weighted by molar-refractivity contribution is 5.93. The number of carbonyl (C=O) groups excluding carboxylic acids is 2. The number of rotatable bonds is 10. The van der Waals surface area contributed by atoms with E-state index < -0.39 is 41.3 Å². The summed E-state index contributed by atoms with van der Waals surface area (Å²) < 4.78 is 43.1. The third kappa shape index (κ3) is 5.78. The molecule has 226 valence electrons. The molecule has 1 amide bonds. The zero-order valence-electron chi connectivity index (χ0n) is 23.5. The van der Waals surface area contributed by atoms with Crippen LogP contribution in [0.3, 0.4) is 0 Å². The van der Waals surface area contributed by atoms with Crippen LogP contribution in [0.15, 0.2) is 41.3 Å². The Hall–Kier alpha value is -4.48. The summed E-state index contributed by atoms with van der Waals surface area (Å²) in [5.74, 6) is -2.55. The number of ether oxygens (including phenoxy) is 2. The molecular formula is C31H31F2N3O7. The fourth-order valence-electron chi connectivity index (χ4n) is 5.96. The molecule has 2 saturated heterocycles. The van der Waals surface area contributed by atoms with E-state index in [1.165, 1.54) is 25.3 Å². The van der Waals surface area contributed by atoms with E-state index >= 15 is 8.78 Å². The molecule has 1 unspecified atom stereocenters. The van der Waals surface area contributed by atoms with Crippen molar-refractivity contribution in [3.8, 4) is 5.75 Å². The summed E-state index contributed by atoms with van der Waals surface area (Å²) in [7, 11) is 0. The number of amides is 1. The van der Waals surface area contributed by atoms with E-state index in [0.29, 0.717) is 42.7 Å². The molecule has 1 saturated carbocycles. The predicted octanol–water partition coefficient (Wildman–Crippen LogP) is 4.74. The highest BCUT2D eigenvalue weighted by atomic mass is 19.1. The number of fused-ring (bicyclic) bond motifs is 1. The number of carboxylic acids is 1. The SMILES string of the molecule is CC(=O)CC[C@@H]1OC(=O)NC1c1ccc(OC[C@@H]2CCN(c3cc4c(cc3F)c(=O)c(C(=O)O)cn4C3CC3)C2)c(F)c1. The number of anilines is 1. The average Bonchev–Trinajstić information content (AvgIpc) is 3.58. The molecule has 3 aromatic rings. The predicted molar refractivity (Wildman–Crippen MR) is 152 cm³/mol. The Morgan fingerprint density at radius 1 is 1.12 bits per heavy atom. The number of carboxylic acid groups (broad SMARTS) is 1. The van der Waals surface area contributed by atoms with Gasteiger partial charge in [-0.1, -0.05) is 6.07 Å². The van der Waals surface area contributed by atoms with Crippen molar-refractivity contribution in [2.45, 2.75) is 57.2 Å². The van der Waals surface area contributed by atoms with E-state index in [4.69, 9.17) is 9.47 Å². The van der Waals surface area contributed by atoms with Crippen LogP contribution in [-0.2, 0) is 9.53 Å². The van der Waals surface area contributed by atoms with Crippen LogP contribution >= 0.6 is 0 Å². The molecule has 3 aliphatic rings. The van der Waals surface area contributed by atoms with Crippen LogP contribution in [0.5, 0.6) is 5.75 Å². The zero-order valence-corrected chi connectivity index (χ0v) is 23.5. The molecule has 0 radical (unpaired) electrons. The number of aromatic nitrogens is 1. The minimum atomic E-state index is -1.34. The van der Waals surface area contributed by atoms with Gasteiger partial charge in [0.2, 0.25) is 5.43 Å². The number of carbonyl (C=O) groups is 3. The smallest absolute Gasteiger partial charge is 0.408 e. The van der Waals surface area contributed by atoms with Gasteiger partial charge in [0.1, 0.15) is 23.3 Å². The third-order valence-electron chi connectivity index (χ3n) is 8.37. The van der Waals surface area contributed by atoms with Crippen molar-refractivity contribution in [2.24, 2.45) is 5.92 Å². The minimum Gasteiger partial charge on any atom is -0.490 e. The number of aromatic carboxylic acids is 1. The van der Waals surface area contributed by atoms with E-state index in [-0.39, 0.29) is 47.5 Å². The molecule has 0 bridgehead atoms. The summed E-state index contributed by atoms with van der Waals surface area (Å²) in [6.45, 7) is 2.63. The molecule has 2 N–H and O–H groups in total. The number of halogens is 2. The number of benzene rings is 2. The van der Waals surface area contributed by atoms with Crippen molar-refractivity contribution in [1.82, 2.24) is 9.88 Å². The Labute approximate surface area is 245 Å². The quantitative estimate of drug-likeness (QED) is 0.344. The largest absolute Gasteiger partial charge is 0.490 e. The molecule has 43 heavy (non-hydrogen) atoms. The Morgan fingerprint density at radius 2 is 1.91 bits per heavy atom. The molecule has 3 heterocycles. The summed E-state index contributed by atoms with van der Waals surface area (Å²) in [4.78, 5) is 49.4. The number of alkyl carbamates (subject to hydrolysis) is 1. The number of hydrogen-bond donors (Lipinski definition) is 2. The van der Waals surface area contributed by atoms with Crippen molar-refractivity contribution in [3.05, 3.63) is 69.5 Å². The number of hydrogen-bond acceptors (Lipinski definition) is 7. The van der Waals surface area contributed by atoms with Crippen LogP contribution in [0, 0.1) is 17.6 Å². The maximum atomic E-state index is 15.3. The highest BCUT2D eigenvalue weighted by Gasteiger charge is 2.36. The first-order valence-electron chi connectivity index (χ1n) is 14.3. The van der Waals surface area contributed by atoms with E-state index in [0.717, 1.165) is 18.9 Å². The lowest BCUT2D eigenvalue weighted by Crippen LogP contribution is -2.24. The summed E-state index contributed by atoms with van der Waals surface area (Å²) >= 11 is 0. The lowest BCUT2D eigenvalue weighted by molar-refractivity contribution is -0.117. The van der Waals surface area contributed by atoms with Crippen LogP contribution < -0.4 is 20.4 Å². The molecule has 2 aliphatic heterocycles. The number of nitrogens with one attached hydrogen (secondary N) is 1. The third-order valence-corrected chi connectivity index (χ3v) is 8.37. The first kappa shape index (κ1) is 28.6. The Balaban J connectivity index is 1.14. The van der Waals surface area contributed by atoms with Gasteiger partial charge < -0.3 is 34.2 Å². The lowest BCUT2D eigenvalue weighted by atomic mass is 9.98. The molecular weight excluding hydrogens is 564 g/mol. The van der Waals surface area contributed by atoms with E-state index in [1.807, 2.05) is 4.90 Å². The number of cyclic esters (lactones) is 1. The number of Topliss-reactive ketones (excluding diaryl/α,β-unsaturated/α-hetero) is 1. The maximum Gasteiger partial charge on any atom is 0.408 e. The summed E-state index contributed by atoms with van der Waals surface area (Å²) in [6.07, 6.45) is 3.11. The molecule has 6 rings (SSSR count). The van der Waals surface area contributed by atoms with Gasteiger partial charge in [-0.05, 0) is 62.4 Å². The van der Waals surface area contributed by atoms with E-state index in [1.54, 1.807) is 16.7 Å². The Bertz CT molecular complexity index is 1690. The monoisotopic (exact) mass is 595 g/mol. The molecule has 1 aliphatic carbocycles. The van der Waals surface area contributed by atoms with Gasteiger partial charge >= 0.3 is 12.1 Å². The summed E-state index contributed by atoms with van der Waals surface area (Å²) in [6, 6.07) is 6.67. The first-order valence-corrected chi connectivity index (χ1v) is 14.3. The van der Waals surface area contributed by atoms with Crippen LogP contribution in [0.1, 0.15) is 67.0 Å². The molecule has 1 aromatic heterocycles. The fraction of sp³-hybridized carbons (Fsp3) is 0.419. The van der Waals surface area contributed by atoms with Crippen LogP contribution in [0.2, 0.25) is 0 Å². The van der Waals surface area contributed by atoms with E-state index in [9.17, 15) is 24.3 Å². The number of pyridine rings is 1. The molecule has 12 heteroatoms. The van der Waals surface area contributed by atoms with Crippen molar-refractivity contribution < 1.29 is 37.7 Å². The maximum absolute atomic E-state index is 15.3. The lowest BCUT2D eigenvalue weighted by Gasteiger charge is -2.22. The van der Waals surface area contributed by atoms with E-state index in [2.05, 4.69) is 5.32 Å². The minimum absolute atomic E-state index is 0.0207. The topological polar surface area (TPSA) is 127 Å². The molecule has 0 spiro atoms. The highest BCUT2D eigenvalue weighted by Crippen LogP contribution is 2.39. The first-order chi connectivity index (χ1) is 20.6. The van der Waals surface area contributed by atoms with Crippen LogP contribution in [0.25, 0.3) is 10.9 Å². The standard InChI is InChI=1S/C31H31F2N3O7/c1-16(37)2-6-27-28(34-31(41)43-27)18-3-7-26(23(33)10-18)42-15-17-8-9-35(13-17)25-12-24-20(11-22(25)32)29(38)21(30(39)40)14-36(24)19-4-5-19/h3,7,10-12,14,17,19,27-28H,2,4-6,8-9,13,15H2,1H3,(H,34,41)(H,39,40)/t17-,27+,28?/m1/s1. The van der Waals surface area contributed by atoms with Crippen LogP contribution in [0.4, 0.5) is 19.3 Å². The van der Waals surface area contributed by atoms with Gasteiger partial charge in [-0.25, -0.2) is 18.4 Å². The number of ketones is 1. The average molecular weight is 596 g/mol. The van der Waals surface area contributed by atoms with Gasteiger partial charge in [0.05, 0.1) is 23.9 Å². The number of nitrogens with zero attached hydrogens (tertiary/aromatic N) is 2. The summed E-state index contributed by atoms with van der Waals surface area (Å²) in [5, 5.41) is 12.2. The van der Waals surface area contributed by atoms with Crippen molar-refractivity contribution in [3.63, 3.8) is 0 Å². The zero-order chi connectivity index (χ0) is 30.4. The normalized spacial score (nSPS) is 21.6. The van der Waals surface area contributed by atoms with Crippen molar-refractivity contribution in [2.75, 3.05) is 24.6 Å². The van der Waals surface area contributed by atoms with Crippen molar-refractivity contribution in [1.29, 1.82) is 0 Å².